The Hall–Kier alpha value is -0.610. The molecular formula is C7H16N2O2. The third-order valence-corrected chi connectivity index (χ3v) is 1.56. The fourth-order valence-electron chi connectivity index (χ4n) is 0.821. The molecule has 0 saturated heterocycles. The van der Waals surface area contributed by atoms with Gasteiger partial charge in [0.15, 0.2) is 0 Å². The number of aliphatic carboxylic acids is 1. The van der Waals surface area contributed by atoms with Gasteiger partial charge in [-0.15, -0.1) is 0 Å². The van der Waals surface area contributed by atoms with E-state index in [1.54, 1.807) is 7.05 Å². The second-order valence-corrected chi connectivity index (χ2v) is 2.73. The minimum absolute atomic E-state index is 0.0743. The summed E-state index contributed by atoms with van der Waals surface area (Å²) >= 11 is 0. The number of hydrogen-bond acceptors (Lipinski definition) is 3. The Morgan fingerprint density at radius 2 is 2.18 bits per heavy atom. The van der Waals surface area contributed by atoms with E-state index >= 15 is 0 Å². The second-order valence-electron chi connectivity index (χ2n) is 2.73. The Morgan fingerprint density at radius 1 is 1.64 bits per heavy atom. The predicted molar refractivity (Wildman–Crippen MR) is 43.4 cm³/mol. The van der Waals surface area contributed by atoms with Crippen molar-refractivity contribution in [3.63, 3.8) is 0 Å². The lowest BCUT2D eigenvalue weighted by Gasteiger charge is -2.11. The van der Waals surface area contributed by atoms with E-state index in [1.165, 1.54) is 0 Å². The molecule has 0 amide bonds. The molecule has 0 fully saturated rings. The van der Waals surface area contributed by atoms with Gasteiger partial charge in [-0.05, 0) is 26.8 Å². The van der Waals surface area contributed by atoms with Crippen molar-refractivity contribution in [3.8, 4) is 0 Å². The highest BCUT2D eigenvalue weighted by Crippen LogP contribution is 1.99. The highest BCUT2D eigenvalue weighted by atomic mass is 16.4. The number of carbonyl (C=O) groups is 1. The topological polar surface area (TPSA) is 75.3 Å². The molecular weight excluding hydrogens is 144 g/mol. The molecule has 0 rings (SSSR count). The molecule has 0 aliphatic rings. The molecule has 0 aromatic rings. The standard InChI is InChI=1S/C7H16N2O2/c1-5(8)3-4-6(9-2)7(10)11/h5-6,9H,3-4,8H2,1-2H3,(H,10,11). The summed E-state index contributed by atoms with van der Waals surface area (Å²) in [5, 5.41) is 11.3. The van der Waals surface area contributed by atoms with Crippen LogP contribution in [0.5, 0.6) is 0 Å². The van der Waals surface area contributed by atoms with E-state index in [1.807, 2.05) is 6.92 Å². The van der Waals surface area contributed by atoms with Gasteiger partial charge in [0, 0.05) is 6.04 Å². The van der Waals surface area contributed by atoms with E-state index in [2.05, 4.69) is 5.32 Å². The number of likely N-dealkylation sites (N-methyl/N-ethyl adjacent to an activating group) is 1. The zero-order valence-corrected chi connectivity index (χ0v) is 7.00. The zero-order valence-electron chi connectivity index (χ0n) is 7.00. The predicted octanol–water partition coefficient (Wildman–Crippen LogP) is -0.214. The van der Waals surface area contributed by atoms with Gasteiger partial charge in [0.25, 0.3) is 0 Å². The van der Waals surface area contributed by atoms with Crippen LogP contribution in [0.2, 0.25) is 0 Å². The first-order valence-corrected chi connectivity index (χ1v) is 3.73. The van der Waals surface area contributed by atoms with Gasteiger partial charge in [-0.1, -0.05) is 0 Å². The van der Waals surface area contributed by atoms with Crippen LogP contribution in [0.1, 0.15) is 19.8 Å². The molecule has 4 N–H and O–H groups in total. The van der Waals surface area contributed by atoms with Crippen molar-refractivity contribution in [2.75, 3.05) is 7.05 Å². The Kier molecular flexibility index (Phi) is 4.81. The van der Waals surface area contributed by atoms with Crippen molar-refractivity contribution in [3.05, 3.63) is 0 Å². The molecule has 2 atom stereocenters. The van der Waals surface area contributed by atoms with Crippen LogP contribution in [0.4, 0.5) is 0 Å². The molecule has 0 radical (unpaired) electrons. The minimum Gasteiger partial charge on any atom is -0.480 e. The van der Waals surface area contributed by atoms with E-state index in [0.717, 1.165) is 6.42 Å². The maximum atomic E-state index is 10.4. The highest BCUT2D eigenvalue weighted by Gasteiger charge is 2.14. The third kappa shape index (κ3) is 4.75. The Balaban J connectivity index is 3.61. The third-order valence-electron chi connectivity index (χ3n) is 1.56. The molecule has 4 nitrogen and oxygen atoms in total. The SMILES string of the molecule is CNC(CCC(C)N)C(=O)O. The first-order valence-electron chi connectivity index (χ1n) is 3.73. The summed E-state index contributed by atoms with van der Waals surface area (Å²) < 4.78 is 0. The van der Waals surface area contributed by atoms with Crippen molar-refractivity contribution in [1.82, 2.24) is 5.32 Å². The number of nitrogens with two attached hydrogens (primary N) is 1. The normalized spacial score (nSPS) is 15.9. The van der Waals surface area contributed by atoms with Crippen molar-refractivity contribution in [2.45, 2.75) is 31.8 Å². The van der Waals surface area contributed by atoms with Gasteiger partial charge in [0.1, 0.15) is 6.04 Å². The summed E-state index contributed by atoms with van der Waals surface area (Å²) in [5.41, 5.74) is 5.47. The van der Waals surface area contributed by atoms with E-state index < -0.39 is 12.0 Å². The molecule has 0 aromatic heterocycles. The van der Waals surface area contributed by atoms with Crippen LogP contribution in [0.3, 0.4) is 0 Å². The number of carboxylic acid groups (broad SMARTS) is 1. The molecule has 0 spiro atoms. The number of carboxylic acids is 1. The van der Waals surface area contributed by atoms with Gasteiger partial charge in [-0.2, -0.15) is 0 Å². The first kappa shape index (κ1) is 10.4. The molecule has 11 heavy (non-hydrogen) atoms. The Labute approximate surface area is 66.8 Å². The van der Waals surface area contributed by atoms with Crippen LogP contribution in [0.25, 0.3) is 0 Å². The molecule has 0 aromatic carbocycles. The van der Waals surface area contributed by atoms with Crippen molar-refractivity contribution >= 4 is 5.97 Å². The molecule has 4 heteroatoms. The van der Waals surface area contributed by atoms with E-state index in [-0.39, 0.29) is 6.04 Å². The van der Waals surface area contributed by atoms with Gasteiger partial charge in [0.2, 0.25) is 0 Å². The summed E-state index contributed by atoms with van der Waals surface area (Å²) in [4.78, 5) is 10.4. The Morgan fingerprint density at radius 3 is 2.45 bits per heavy atom. The van der Waals surface area contributed by atoms with Gasteiger partial charge in [-0.25, -0.2) is 0 Å². The van der Waals surface area contributed by atoms with E-state index in [0.29, 0.717) is 6.42 Å². The number of rotatable bonds is 5. The smallest absolute Gasteiger partial charge is 0.320 e. The largest absolute Gasteiger partial charge is 0.480 e. The van der Waals surface area contributed by atoms with Crippen LogP contribution in [-0.4, -0.2) is 30.2 Å². The summed E-state index contributed by atoms with van der Waals surface area (Å²) in [5.74, 6) is -0.812. The molecule has 0 aliphatic carbocycles. The van der Waals surface area contributed by atoms with Crippen LogP contribution in [0, 0.1) is 0 Å². The van der Waals surface area contributed by atoms with Gasteiger partial charge in [0.05, 0.1) is 0 Å². The van der Waals surface area contributed by atoms with Crippen molar-refractivity contribution in [1.29, 1.82) is 0 Å². The monoisotopic (exact) mass is 160 g/mol. The zero-order chi connectivity index (χ0) is 8.85. The second kappa shape index (κ2) is 5.09. The van der Waals surface area contributed by atoms with E-state index in [4.69, 9.17) is 10.8 Å². The summed E-state index contributed by atoms with van der Waals surface area (Å²) in [7, 11) is 1.64. The van der Waals surface area contributed by atoms with Gasteiger partial charge < -0.3 is 16.2 Å². The molecule has 2 unspecified atom stereocenters. The number of nitrogens with one attached hydrogen (secondary N) is 1. The van der Waals surface area contributed by atoms with Crippen LogP contribution in [0.15, 0.2) is 0 Å². The summed E-state index contributed by atoms with van der Waals surface area (Å²) in [6.45, 7) is 1.87. The molecule has 0 heterocycles. The fourth-order valence-corrected chi connectivity index (χ4v) is 0.821. The first-order chi connectivity index (χ1) is 5.07. The van der Waals surface area contributed by atoms with Gasteiger partial charge in [-0.3, -0.25) is 4.79 Å². The lowest BCUT2D eigenvalue weighted by molar-refractivity contribution is -0.139. The van der Waals surface area contributed by atoms with Crippen LogP contribution < -0.4 is 11.1 Å². The summed E-state index contributed by atoms with van der Waals surface area (Å²) in [6, 6.07) is -0.383. The molecule has 0 aliphatic heterocycles. The molecule has 0 bridgehead atoms. The van der Waals surface area contributed by atoms with Crippen LogP contribution in [-0.2, 0) is 4.79 Å². The fraction of sp³-hybridized carbons (Fsp3) is 0.857. The minimum atomic E-state index is -0.812. The van der Waals surface area contributed by atoms with E-state index in [9.17, 15) is 4.79 Å². The average Bonchev–Trinajstić information content (AvgIpc) is 1.87. The molecule has 0 saturated carbocycles. The lowest BCUT2D eigenvalue weighted by atomic mass is 10.1. The maximum Gasteiger partial charge on any atom is 0.320 e. The summed E-state index contributed by atoms with van der Waals surface area (Å²) in [6.07, 6.45) is 1.32. The van der Waals surface area contributed by atoms with Crippen LogP contribution >= 0.6 is 0 Å². The number of hydrogen-bond donors (Lipinski definition) is 3. The highest BCUT2D eigenvalue weighted by molar-refractivity contribution is 5.73. The Bertz CT molecular complexity index is 126. The van der Waals surface area contributed by atoms with Crippen molar-refractivity contribution in [2.24, 2.45) is 5.73 Å². The maximum absolute atomic E-state index is 10.4. The average molecular weight is 160 g/mol. The molecule has 66 valence electrons. The lowest BCUT2D eigenvalue weighted by Crippen LogP contribution is -2.35. The van der Waals surface area contributed by atoms with Crippen molar-refractivity contribution < 1.29 is 9.90 Å². The quantitative estimate of drug-likeness (QED) is 0.520. The van der Waals surface area contributed by atoms with Gasteiger partial charge >= 0.3 is 5.97 Å².